The molecule has 1 fully saturated rings. The number of nitrogens with one attached hydrogen (secondary N) is 2. The Hall–Kier alpha value is -1.88. The van der Waals surface area contributed by atoms with Gasteiger partial charge in [-0.05, 0) is 37.1 Å². The van der Waals surface area contributed by atoms with Crippen molar-refractivity contribution in [3.8, 4) is 0 Å². The highest BCUT2D eigenvalue weighted by Gasteiger charge is 2.24. The van der Waals surface area contributed by atoms with Crippen molar-refractivity contribution in [1.82, 2.24) is 15.5 Å². The van der Waals surface area contributed by atoms with Gasteiger partial charge in [-0.15, -0.1) is 0 Å². The minimum Gasteiger partial charge on any atom is -0.355 e. The van der Waals surface area contributed by atoms with Gasteiger partial charge in [0.25, 0.3) is 5.91 Å². The molecular formula is C15H21N3O2. The van der Waals surface area contributed by atoms with Gasteiger partial charge in [-0.2, -0.15) is 0 Å². The number of rotatable bonds is 4. The molecule has 0 saturated carbocycles. The number of carbonyl (C=O) groups is 2. The molecule has 2 rings (SSSR count). The zero-order chi connectivity index (χ0) is 14.5. The third-order valence-electron chi connectivity index (χ3n) is 3.60. The molecule has 1 aromatic rings. The summed E-state index contributed by atoms with van der Waals surface area (Å²) >= 11 is 0. The summed E-state index contributed by atoms with van der Waals surface area (Å²) in [4.78, 5) is 25.3. The van der Waals surface area contributed by atoms with Crippen molar-refractivity contribution in [2.24, 2.45) is 0 Å². The number of benzene rings is 1. The van der Waals surface area contributed by atoms with Crippen LogP contribution in [0.15, 0.2) is 24.3 Å². The predicted octanol–water partition coefficient (Wildman–Crippen LogP) is 0.757. The Morgan fingerprint density at radius 1 is 1.35 bits per heavy atom. The molecule has 0 aliphatic carbocycles. The van der Waals surface area contributed by atoms with Crippen LogP contribution in [-0.4, -0.2) is 43.4 Å². The monoisotopic (exact) mass is 275 g/mol. The minimum atomic E-state index is -0.101. The molecular weight excluding hydrogens is 254 g/mol. The lowest BCUT2D eigenvalue weighted by molar-refractivity contribution is -0.132. The van der Waals surface area contributed by atoms with Crippen molar-refractivity contribution >= 4 is 11.8 Å². The first-order valence-corrected chi connectivity index (χ1v) is 6.91. The maximum Gasteiger partial charge on any atom is 0.251 e. The number of hydrogen-bond donors (Lipinski definition) is 2. The quantitative estimate of drug-likeness (QED) is 0.852. The van der Waals surface area contributed by atoms with Crippen molar-refractivity contribution in [3.05, 3.63) is 35.4 Å². The van der Waals surface area contributed by atoms with Gasteiger partial charge in [0, 0.05) is 26.2 Å². The number of amides is 2. The first kappa shape index (κ1) is 14.5. The molecule has 1 atom stereocenters. The van der Waals surface area contributed by atoms with Crippen LogP contribution in [0.4, 0.5) is 0 Å². The molecule has 0 unspecified atom stereocenters. The van der Waals surface area contributed by atoms with E-state index in [1.807, 2.05) is 19.2 Å². The summed E-state index contributed by atoms with van der Waals surface area (Å²) < 4.78 is 0. The van der Waals surface area contributed by atoms with Gasteiger partial charge in [-0.3, -0.25) is 9.59 Å². The van der Waals surface area contributed by atoms with E-state index in [2.05, 4.69) is 10.6 Å². The van der Waals surface area contributed by atoms with Crippen LogP contribution in [0.25, 0.3) is 0 Å². The molecule has 1 heterocycles. The van der Waals surface area contributed by atoms with Gasteiger partial charge in [-0.25, -0.2) is 0 Å². The Bertz CT molecular complexity index is 478. The molecule has 0 aromatic heterocycles. The fourth-order valence-corrected chi connectivity index (χ4v) is 2.42. The highest BCUT2D eigenvalue weighted by Crippen LogP contribution is 2.11. The highest BCUT2D eigenvalue weighted by atomic mass is 16.2. The summed E-state index contributed by atoms with van der Waals surface area (Å²) in [6, 6.07) is 7.29. The van der Waals surface area contributed by atoms with E-state index in [1.54, 1.807) is 24.1 Å². The first-order chi connectivity index (χ1) is 9.61. The maximum absolute atomic E-state index is 12.2. The Morgan fingerprint density at radius 3 is 2.60 bits per heavy atom. The fourth-order valence-electron chi connectivity index (χ4n) is 2.42. The summed E-state index contributed by atoms with van der Waals surface area (Å²) in [6.45, 7) is 1.48. The van der Waals surface area contributed by atoms with E-state index < -0.39 is 0 Å². The molecule has 20 heavy (non-hydrogen) atoms. The highest BCUT2D eigenvalue weighted by molar-refractivity contribution is 5.93. The predicted molar refractivity (Wildman–Crippen MR) is 77.3 cm³/mol. The van der Waals surface area contributed by atoms with Gasteiger partial charge < -0.3 is 15.5 Å². The molecule has 5 heteroatoms. The lowest BCUT2D eigenvalue weighted by atomic mass is 10.1. The van der Waals surface area contributed by atoms with Crippen LogP contribution in [-0.2, 0) is 11.3 Å². The molecule has 1 aliphatic heterocycles. The second kappa shape index (κ2) is 6.52. The van der Waals surface area contributed by atoms with Crippen LogP contribution >= 0.6 is 0 Å². The SMILES string of the molecule is CNC(=O)c1ccc(CN(C)C(=O)[C@@H]2CCCN2)cc1. The van der Waals surface area contributed by atoms with E-state index in [1.165, 1.54) is 0 Å². The second-order valence-corrected chi connectivity index (χ2v) is 5.12. The van der Waals surface area contributed by atoms with E-state index in [9.17, 15) is 9.59 Å². The van der Waals surface area contributed by atoms with Crippen molar-refractivity contribution in [3.63, 3.8) is 0 Å². The van der Waals surface area contributed by atoms with Crippen molar-refractivity contribution in [2.75, 3.05) is 20.6 Å². The summed E-state index contributed by atoms with van der Waals surface area (Å²) in [5, 5.41) is 5.80. The number of nitrogens with zero attached hydrogens (tertiary/aromatic N) is 1. The molecule has 0 spiro atoms. The Labute approximate surface area is 119 Å². The van der Waals surface area contributed by atoms with E-state index in [-0.39, 0.29) is 17.9 Å². The molecule has 2 N–H and O–H groups in total. The topological polar surface area (TPSA) is 61.4 Å². The lowest BCUT2D eigenvalue weighted by Gasteiger charge is -2.21. The maximum atomic E-state index is 12.2. The third kappa shape index (κ3) is 3.36. The van der Waals surface area contributed by atoms with Crippen LogP contribution in [0.2, 0.25) is 0 Å². The number of hydrogen-bond acceptors (Lipinski definition) is 3. The number of carbonyl (C=O) groups excluding carboxylic acids is 2. The average Bonchev–Trinajstić information content (AvgIpc) is 3.00. The summed E-state index contributed by atoms with van der Waals surface area (Å²) in [5.74, 6) is 0.0361. The van der Waals surface area contributed by atoms with E-state index in [0.717, 1.165) is 24.9 Å². The van der Waals surface area contributed by atoms with E-state index in [0.29, 0.717) is 12.1 Å². The normalized spacial score (nSPS) is 17.8. The minimum absolute atomic E-state index is 0.0369. The first-order valence-electron chi connectivity index (χ1n) is 6.91. The zero-order valence-corrected chi connectivity index (χ0v) is 12.0. The van der Waals surface area contributed by atoms with Crippen LogP contribution in [0.5, 0.6) is 0 Å². The van der Waals surface area contributed by atoms with Crippen LogP contribution in [0.3, 0.4) is 0 Å². The van der Waals surface area contributed by atoms with Crippen LogP contribution in [0, 0.1) is 0 Å². The van der Waals surface area contributed by atoms with Gasteiger partial charge in [0.05, 0.1) is 6.04 Å². The van der Waals surface area contributed by atoms with Crippen LogP contribution in [0.1, 0.15) is 28.8 Å². The zero-order valence-electron chi connectivity index (χ0n) is 12.0. The summed E-state index contributed by atoms with van der Waals surface area (Å²) in [5.41, 5.74) is 1.65. The van der Waals surface area contributed by atoms with Crippen molar-refractivity contribution < 1.29 is 9.59 Å². The fraction of sp³-hybridized carbons (Fsp3) is 0.467. The van der Waals surface area contributed by atoms with E-state index in [4.69, 9.17) is 0 Å². The lowest BCUT2D eigenvalue weighted by Crippen LogP contribution is -2.41. The van der Waals surface area contributed by atoms with Gasteiger partial charge in [0.2, 0.25) is 5.91 Å². The molecule has 1 saturated heterocycles. The summed E-state index contributed by atoms with van der Waals surface area (Å²) in [7, 11) is 3.42. The standard InChI is InChI=1S/C15H21N3O2/c1-16-14(19)12-7-5-11(6-8-12)10-18(2)15(20)13-4-3-9-17-13/h5-8,13,17H,3-4,9-10H2,1-2H3,(H,16,19)/t13-/m0/s1. The van der Waals surface area contributed by atoms with Crippen LogP contribution < -0.4 is 10.6 Å². The average molecular weight is 275 g/mol. The second-order valence-electron chi connectivity index (χ2n) is 5.12. The van der Waals surface area contributed by atoms with Crippen molar-refractivity contribution in [1.29, 1.82) is 0 Å². The Morgan fingerprint density at radius 2 is 2.05 bits per heavy atom. The molecule has 108 valence electrons. The smallest absolute Gasteiger partial charge is 0.251 e. The Kier molecular flexibility index (Phi) is 4.74. The molecule has 2 amide bonds. The molecule has 0 radical (unpaired) electrons. The molecule has 1 aliphatic rings. The third-order valence-corrected chi connectivity index (χ3v) is 3.60. The Balaban J connectivity index is 1.95. The van der Waals surface area contributed by atoms with Gasteiger partial charge in [0.15, 0.2) is 0 Å². The molecule has 5 nitrogen and oxygen atoms in total. The molecule has 0 bridgehead atoms. The number of likely N-dealkylation sites (N-methyl/N-ethyl adjacent to an activating group) is 1. The van der Waals surface area contributed by atoms with Crippen molar-refractivity contribution in [2.45, 2.75) is 25.4 Å². The molecule has 1 aromatic carbocycles. The van der Waals surface area contributed by atoms with Gasteiger partial charge in [-0.1, -0.05) is 12.1 Å². The van der Waals surface area contributed by atoms with Gasteiger partial charge in [0.1, 0.15) is 0 Å². The van der Waals surface area contributed by atoms with Gasteiger partial charge >= 0.3 is 0 Å². The summed E-state index contributed by atoms with van der Waals surface area (Å²) in [6.07, 6.45) is 1.98. The van der Waals surface area contributed by atoms with E-state index >= 15 is 0 Å². The largest absolute Gasteiger partial charge is 0.355 e.